The fourth-order valence-electron chi connectivity index (χ4n) is 3.32. The van der Waals surface area contributed by atoms with E-state index in [-0.39, 0.29) is 13.1 Å². The van der Waals surface area contributed by atoms with E-state index in [4.69, 9.17) is 35.5 Å². The summed E-state index contributed by atoms with van der Waals surface area (Å²) in [5, 5.41) is 14.4. The molecular weight excluding hydrogens is 474 g/mol. The second-order valence-electron chi connectivity index (χ2n) is 8.90. The van der Waals surface area contributed by atoms with Crippen molar-refractivity contribution in [3.05, 3.63) is 60.2 Å². The Kier molecular flexibility index (Phi) is 10.5. The molecule has 3 heterocycles. The summed E-state index contributed by atoms with van der Waals surface area (Å²) in [6, 6.07) is 6.24. The standard InChI is InChI=1S/C22H33N6.2ClH.Mn/c1-16(2)13-19-7-10-26(23-19)22(27-11-8-20(24-27)14-17(3)4)28-12-9-21(25-28)15-18(5)6;;;/h7-12,16-18H,13-15H2,1-6H3;2*1H;/q-1;;;+2/p-2. The molecule has 0 saturated heterocycles. The third-order valence-electron chi connectivity index (χ3n) is 4.40. The average molecular weight is 507 g/mol. The van der Waals surface area contributed by atoms with E-state index in [9.17, 15) is 0 Å². The fourth-order valence-corrected chi connectivity index (χ4v) is 3.32. The quantitative estimate of drug-likeness (QED) is 0.278. The van der Waals surface area contributed by atoms with Gasteiger partial charge in [0.05, 0.1) is 17.1 Å². The third-order valence-corrected chi connectivity index (χ3v) is 4.40. The Bertz CT molecular complexity index is 785. The van der Waals surface area contributed by atoms with Crippen molar-refractivity contribution in [3.8, 4) is 0 Å². The Hall–Kier alpha value is -1.40. The Morgan fingerprint density at radius 3 is 1.16 bits per heavy atom. The van der Waals surface area contributed by atoms with Gasteiger partial charge in [0.25, 0.3) is 0 Å². The van der Waals surface area contributed by atoms with Gasteiger partial charge in [-0.25, -0.2) is 0 Å². The summed E-state index contributed by atoms with van der Waals surface area (Å²) in [6.45, 7) is 13.3. The van der Waals surface area contributed by atoms with E-state index >= 15 is 0 Å². The fraction of sp³-hybridized carbons (Fsp3) is 0.545. The van der Waals surface area contributed by atoms with Gasteiger partial charge in [0.2, 0.25) is 0 Å². The monoisotopic (exact) mass is 506 g/mol. The molecule has 0 spiro atoms. The molecule has 9 heteroatoms. The Morgan fingerprint density at radius 2 is 0.935 bits per heavy atom. The van der Waals surface area contributed by atoms with E-state index in [1.165, 1.54) is 0 Å². The Labute approximate surface area is 200 Å². The molecule has 3 aromatic heterocycles. The van der Waals surface area contributed by atoms with Crippen molar-refractivity contribution in [3.63, 3.8) is 0 Å². The zero-order valence-corrected chi connectivity index (χ0v) is 21.8. The molecule has 0 aliphatic rings. The van der Waals surface area contributed by atoms with Crippen LogP contribution in [0.2, 0.25) is 0 Å². The van der Waals surface area contributed by atoms with Crippen LogP contribution in [0.15, 0.2) is 36.8 Å². The second-order valence-corrected chi connectivity index (χ2v) is 10.9. The summed E-state index contributed by atoms with van der Waals surface area (Å²) in [7, 11) is 9.59. The summed E-state index contributed by atoms with van der Waals surface area (Å²) >= 11 is 0.00694. The van der Waals surface area contributed by atoms with E-state index < -0.39 is 0 Å². The van der Waals surface area contributed by atoms with Crippen LogP contribution in [0.4, 0.5) is 0 Å². The molecule has 0 radical (unpaired) electrons. The maximum absolute atomic E-state index is 4.80. The Morgan fingerprint density at radius 1 is 0.677 bits per heavy atom. The summed E-state index contributed by atoms with van der Waals surface area (Å²) in [4.78, 5) is 0. The number of aromatic nitrogens is 6. The number of rotatable bonds is 9. The predicted molar refractivity (Wildman–Crippen MR) is 123 cm³/mol. The normalized spacial score (nSPS) is 11.3. The Balaban J connectivity index is 0.00000107. The molecule has 0 amide bonds. The van der Waals surface area contributed by atoms with Crippen LogP contribution in [-0.2, 0) is 32.4 Å². The van der Waals surface area contributed by atoms with Crippen molar-refractivity contribution in [1.29, 1.82) is 0 Å². The first-order valence-electron chi connectivity index (χ1n) is 10.6. The molecule has 0 N–H and O–H groups in total. The number of halogens is 2. The van der Waals surface area contributed by atoms with Gasteiger partial charge in [0.15, 0.2) is 6.29 Å². The van der Waals surface area contributed by atoms with Crippen molar-refractivity contribution in [2.75, 3.05) is 0 Å². The summed E-state index contributed by atoms with van der Waals surface area (Å²) in [6.07, 6.45) is 9.67. The van der Waals surface area contributed by atoms with E-state index in [2.05, 4.69) is 59.7 Å². The number of hydrogen-bond acceptors (Lipinski definition) is 3. The molecule has 6 nitrogen and oxygen atoms in total. The summed E-state index contributed by atoms with van der Waals surface area (Å²) in [5.74, 6) is 1.70. The average Bonchev–Trinajstić information content (AvgIpc) is 3.38. The van der Waals surface area contributed by atoms with Crippen LogP contribution in [0.3, 0.4) is 0 Å². The van der Waals surface area contributed by atoms with E-state index in [0.29, 0.717) is 17.8 Å². The third kappa shape index (κ3) is 8.23. The summed E-state index contributed by atoms with van der Waals surface area (Å²) < 4.78 is 5.65. The van der Waals surface area contributed by atoms with Gasteiger partial charge in [-0.05, 0) is 55.6 Å². The first kappa shape index (κ1) is 25.9. The van der Waals surface area contributed by atoms with Crippen LogP contribution >= 0.6 is 20.2 Å². The SMILES string of the molecule is CC(C)Cc1ccn([C-](n2ccc(CC(C)C)n2)n2ccc(CC(C)C)n2)n1.[Cl][Mn][Cl]. The molecule has 0 saturated carbocycles. The van der Waals surface area contributed by atoms with Gasteiger partial charge in [-0.3, -0.25) is 14.0 Å². The predicted octanol–water partition coefficient (Wildman–Crippen LogP) is 5.64. The molecule has 0 fully saturated rings. The van der Waals surface area contributed by atoms with Crippen LogP contribution in [-0.4, -0.2) is 29.3 Å². The molecule has 0 aliphatic carbocycles. The van der Waals surface area contributed by atoms with Crippen LogP contribution in [0, 0.1) is 24.0 Å². The molecular formula is C22H33Cl2MnN6-. The van der Waals surface area contributed by atoms with Crippen molar-refractivity contribution < 1.29 is 13.1 Å². The van der Waals surface area contributed by atoms with Crippen LogP contribution in [0.25, 0.3) is 0 Å². The first-order chi connectivity index (χ1) is 14.7. The molecule has 173 valence electrons. The minimum atomic E-state index is 0.00694. The summed E-state index contributed by atoms with van der Waals surface area (Å²) in [5.41, 5.74) is 3.24. The molecule has 0 unspecified atom stereocenters. The maximum atomic E-state index is 4.80. The van der Waals surface area contributed by atoms with Gasteiger partial charge in [0, 0.05) is 0 Å². The van der Waals surface area contributed by atoms with Gasteiger partial charge in [0.1, 0.15) is 0 Å². The van der Waals surface area contributed by atoms with E-state index in [1.54, 1.807) is 0 Å². The van der Waals surface area contributed by atoms with Crippen molar-refractivity contribution in [2.45, 2.75) is 60.8 Å². The van der Waals surface area contributed by atoms with Crippen LogP contribution in [0.5, 0.6) is 0 Å². The van der Waals surface area contributed by atoms with Crippen molar-refractivity contribution in [2.24, 2.45) is 17.8 Å². The number of hydrogen-bond donors (Lipinski definition) is 0. The molecule has 3 aromatic rings. The van der Waals surface area contributed by atoms with E-state index in [0.717, 1.165) is 42.6 Å². The molecule has 0 bridgehead atoms. The van der Waals surface area contributed by atoms with Gasteiger partial charge in [-0.2, -0.15) is 15.3 Å². The van der Waals surface area contributed by atoms with Gasteiger partial charge in [-0.1, -0.05) is 59.7 Å². The number of nitrogens with zero attached hydrogens (tertiary/aromatic N) is 6. The minimum absolute atomic E-state index is 0.00694. The van der Waals surface area contributed by atoms with E-state index in [1.807, 2.05) is 32.6 Å². The van der Waals surface area contributed by atoms with Gasteiger partial charge in [-0.15, -0.1) is 0 Å². The molecule has 3 rings (SSSR count). The van der Waals surface area contributed by atoms with Crippen molar-refractivity contribution in [1.82, 2.24) is 29.3 Å². The first-order valence-corrected chi connectivity index (χ1v) is 13.9. The molecule has 0 atom stereocenters. The van der Waals surface area contributed by atoms with Gasteiger partial charge < -0.3 is 0 Å². The topological polar surface area (TPSA) is 53.5 Å². The van der Waals surface area contributed by atoms with Crippen LogP contribution < -0.4 is 0 Å². The molecule has 0 aliphatic heterocycles. The molecule has 31 heavy (non-hydrogen) atoms. The van der Waals surface area contributed by atoms with Crippen LogP contribution in [0.1, 0.15) is 58.6 Å². The zero-order chi connectivity index (χ0) is 23.0. The molecule has 0 aromatic carbocycles. The second kappa shape index (κ2) is 12.6. The van der Waals surface area contributed by atoms with Gasteiger partial charge >= 0.3 is 33.3 Å². The zero-order valence-electron chi connectivity index (χ0n) is 19.1. The van der Waals surface area contributed by atoms with Crippen molar-refractivity contribution >= 4 is 20.2 Å².